The molecular formula is C36H25BN2O2. The van der Waals surface area contributed by atoms with Gasteiger partial charge in [-0.05, 0) is 48.5 Å². The quantitative estimate of drug-likeness (QED) is 0.202. The van der Waals surface area contributed by atoms with Gasteiger partial charge in [-0.15, -0.1) is 0 Å². The van der Waals surface area contributed by atoms with Gasteiger partial charge >= 0.3 is 7.69 Å². The molecule has 0 aliphatic rings. The van der Waals surface area contributed by atoms with E-state index in [2.05, 4.69) is 118 Å². The van der Waals surface area contributed by atoms with Gasteiger partial charge in [-0.1, -0.05) is 97.1 Å². The number of hydrogen-bond donors (Lipinski definition) is 0. The molecule has 41 heavy (non-hydrogen) atoms. The molecule has 5 heteroatoms. The fourth-order valence-electron chi connectivity index (χ4n) is 6.05. The van der Waals surface area contributed by atoms with E-state index in [0.717, 1.165) is 55.7 Å². The molecule has 0 radical (unpaired) electrons. The van der Waals surface area contributed by atoms with Crippen LogP contribution in [0.5, 0.6) is 11.5 Å². The molecular weight excluding hydrogens is 503 g/mol. The van der Waals surface area contributed by atoms with Gasteiger partial charge in [0.1, 0.15) is 11.5 Å². The van der Waals surface area contributed by atoms with Crippen LogP contribution in [-0.4, -0.2) is 16.8 Å². The van der Waals surface area contributed by atoms with E-state index in [4.69, 9.17) is 9.31 Å². The lowest BCUT2D eigenvalue weighted by molar-refractivity contribution is 0.463. The number of nitrogens with zero attached hydrogens (tertiary/aromatic N) is 2. The highest BCUT2D eigenvalue weighted by atomic mass is 16.6. The predicted molar refractivity (Wildman–Crippen MR) is 170 cm³/mol. The molecule has 0 atom stereocenters. The van der Waals surface area contributed by atoms with Crippen molar-refractivity contribution >= 4 is 51.3 Å². The Labute approximate surface area is 237 Å². The standard InChI is InChI=1S/C36H25BN2O2/c1-3-13-25(14-4-1)38-31-21-9-7-17-27(31)29-19-11-23-33(35(29)38)40-37-41-34-24-12-20-30-28-18-8-10-22-32(28)39(36(30)34)26-15-5-2-6-16-26/h1-24,37H. The molecule has 6 aromatic carbocycles. The Bertz CT molecular complexity index is 2030. The molecule has 4 nitrogen and oxygen atoms in total. The third-order valence-electron chi connectivity index (χ3n) is 7.77. The van der Waals surface area contributed by atoms with Gasteiger partial charge in [0, 0.05) is 32.9 Å². The highest BCUT2D eigenvalue weighted by Gasteiger charge is 2.18. The van der Waals surface area contributed by atoms with Crippen LogP contribution in [0.1, 0.15) is 0 Å². The molecule has 0 saturated carbocycles. The summed E-state index contributed by atoms with van der Waals surface area (Å²) in [5, 5.41) is 4.67. The van der Waals surface area contributed by atoms with E-state index in [-0.39, 0.29) is 7.69 Å². The average Bonchev–Trinajstić information content (AvgIpc) is 3.56. The van der Waals surface area contributed by atoms with E-state index >= 15 is 0 Å². The summed E-state index contributed by atoms with van der Waals surface area (Å²) in [6, 6.07) is 50.3. The van der Waals surface area contributed by atoms with E-state index in [1.807, 2.05) is 36.4 Å². The van der Waals surface area contributed by atoms with Crippen molar-refractivity contribution in [2.75, 3.05) is 0 Å². The van der Waals surface area contributed by atoms with Gasteiger partial charge in [0.2, 0.25) is 0 Å². The molecule has 194 valence electrons. The first-order valence-electron chi connectivity index (χ1n) is 13.8. The van der Waals surface area contributed by atoms with E-state index in [9.17, 15) is 0 Å². The van der Waals surface area contributed by atoms with Crippen molar-refractivity contribution in [1.29, 1.82) is 0 Å². The monoisotopic (exact) mass is 528 g/mol. The van der Waals surface area contributed by atoms with Crippen molar-refractivity contribution in [2.45, 2.75) is 0 Å². The van der Waals surface area contributed by atoms with E-state index in [0.29, 0.717) is 0 Å². The Morgan fingerprint density at radius 1 is 0.366 bits per heavy atom. The maximum atomic E-state index is 6.43. The Hall–Kier alpha value is -5.42. The van der Waals surface area contributed by atoms with Gasteiger partial charge in [-0.3, -0.25) is 0 Å². The fraction of sp³-hybridized carbons (Fsp3) is 0. The lowest BCUT2D eigenvalue weighted by Crippen LogP contribution is -2.12. The minimum Gasteiger partial charge on any atom is -0.527 e. The van der Waals surface area contributed by atoms with Gasteiger partial charge in [-0.2, -0.15) is 0 Å². The lowest BCUT2D eigenvalue weighted by Gasteiger charge is -2.14. The summed E-state index contributed by atoms with van der Waals surface area (Å²) < 4.78 is 17.4. The van der Waals surface area contributed by atoms with Crippen LogP contribution in [0.3, 0.4) is 0 Å². The van der Waals surface area contributed by atoms with Gasteiger partial charge < -0.3 is 18.4 Å². The molecule has 0 unspecified atom stereocenters. The summed E-state index contributed by atoms with van der Waals surface area (Å²) in [6.45, 7) is 0. The Kier molecular flexibility index (Phi) is 5.52. The van der Waals surface area contributed by atoms with E-state index in [1.165, 1.54) is 10.8 Å². The Balaban J connectivity index is 1.22. The number of hydrogen-bond acceptors (Lipinski definition) is 2. The normalized spacial score (nSPS) is 11.4. The van der Waals surface area contributed by atoms with Crippen molar-refractivity contribution in [3.63, 3.8) is 0 Å². The number of aromatic nitrogens is 2. The second-order valence-corrected chi connectivity index (χ2v) is 10.1. The largest absolute Gasteiger partial charge is 0.576 e. The second-order valence-electron chi connectivity index (χ2n) is 10.1. The first-order chi connectivity index (χ1) is 20.4. The smallest absolute Gasteiger partial charge is 0.527 e. The maximum absolute atomic E-state index is 6.43. The van der Waals surface area contributed by atoms with Crippen LogP contribution in [0.4, 0.5) is 0 Å². The molecule has 0 N–H and O–H groups in total. The minimum absolute atomic E-state index is 0.0743. The molecule has 0 saturated heterocycles. The second kappa shape index (κ2) is 9.65. The van der Waals surface area contributed by atoms with E-state index in [1.54, 1.807) is 0 Å². The highest BCUT2D eigenvalue weighted by Crippen LogP contribution is 2.39. The van der Waals surface area contributed by atoms with Crippen LogP contribution in [0, 0.1) is 0 Å². The third-order valence-corrected chi connectivity index (χ3v) is 7.77. The predicted octanol–water partition coefficient (Wildman–Crippen LogP) is 8.61. The molecule has 8 rings (SSSR count). The summed E-state index contributed by atoms with van der Waals surface area (Å²) in [6.07, 6.45) is 0. The maximum Gasteiger partial charge on any atom is 0.576 e. The molecule has 0 amide bonds. The summed E-state index contributed by atoms with van der Waals surface area (Å²) in [7, 11) is 0.0743. The van der Waals surface area contributed by atoms with Crippen molar-refractivity contribution in [2.24, 2.45) is 0 Å². The summed E-state index contributed by atoms with van der Waals surface area (Å²) in [5.74, 6) is 1.55. The van der Waals surface area contributed by atoms with Crippen molar-refractivity contribution < 1.29 is 9.31 Å². The Morgan fingerprint density at radius 3 is 1.22 bits per heavy atom. The van der Waals surface area contributed by atoms with Gasteiger partial charge in [0.05, 0.1) is 22.1 Å². The topological polar surface area (TPSA) is 28.3 Å². The van der Waals surface area contributed by atoms with E-state index < -0.39 is 0 Å². The third kappa shape index (κ3) is 3.78. The van der Waals surface area contributed by atoms with Crippen molar-refractivity contribution in [3.05, 3.63) is 146 Å². The van der Waals surface area contributed by atoms with Gasteiger partial charge in [-0.25, -0.2) is 0 Å². The summed E-state index contributed by atoms with van der Waals surface area (Å²) in [5.41, 5.74) is 6.52. The zero-order valence-electron chi connectivity index (χ0n) is 22.3. The number of benzene rings is 6. The molecule has 0 aliphatic carbocycles. The fourth-order valence-corrected chi connectivity index (χ4v) is 6.05. The van der Waals surface area contributed by atoms with Crippen LogP contribution >= 0.6 is 0 Å². The van der Waals surface area contributed by atoms with Gasteiger partial charge in [0.15, 0.2) is 0 Å². The van der Waals surface area contributed by atoms with Crippen molar-refractivity contribution in [1.82, 2.24) is 9.13 Å². The molecule has 2 aromatic heterocycles. The van der Waals surface area contributed by atoms with Crippen LogP contribution in [0.25, 0.3) is 55.0 Å². The molecule has 2 heterocycles. The molecule has 0 bridgehead atoms. The van der Waals surface area contributed by atoms with Crippen LogP contribution < -0.4 is 9.31 Å². The molecule has 0 spiro atoms. The minimum atomic E-state index is 0.0743. The highest BCUT2D eigenvalue weighted by molar-refractivity contribution is 6.23. The average molecular weight is 528 g/mol. The Morgan fingerprint density at radius 2 is 0.756 bits per heavy atom. The van der Waals surface area contributed by atoms with Crippen LogP contribution in [0.2, 0.25) is 0 Å². The molecule has 8 aromatic rings. The number of para-hydroxylation sites is 6. The summed E-state index contributed by atoms with van der Waals surface area (Å²) >= 11 is 0. The zero-order valence-corrected chi connectivity index (χ0v) is 22.3. The lowest BCUT2D eigenvalue weighted by atomic mass is 10.1. The first-order valence-corrected chi connectivity index (χ1v) is 13.8. The summed E-state index contributed by atoms with van der Waals surface area (Å²) in [4.78, 5) is 0. The van der Waals surface area contributed by atoms with Crippen molar-refractivity contribution in [3.8, 4) is 22.9 Å². The SMILES string of the molecule is B(Oc1cccc2c3ccccc3n(-c3ccccc3)c12)Oc1cccc2c3ccccc3n(-c3ccccc3)c12. The van der Waals surface area contributed by atoms with Crippen LogP contribution in [0.15, 0.2) is 146 Å². The molecule has 0 fully saturated rings. The zero-order chi connectivity index (χ0) is 27.2. The number of rotatable bonds is 6. The van der Waals surface area contributed by atoms with Gasteiger partial charge in [0.25, 0.3) is 0 Å². The van der Waals surface area contributed by atoms with Crippen LogP contribution in [-0.2, 0) is 0 Å². The number of fused-ring (bicyclic) bond motifs is 6. The first kappa shape index (κ1) is 23.5. The molecule has 0 aliphatic heterocycles.